The molecular formula is C26H28N2O6. The largest absolute Gasteiger partial charge is 0.493 e. The molecule has 34 heavy (non-hydrogen) atoms. The van der Waals surface area contributed by atoms with Crippen LogP contribution in [-0.4, -0.2) is 48.1 Å². The van der Waals surface area contributed by atoms with Crippen LogP contribution in [-0.2, 0) is 19.1 Å². The van der Waals surface area contributed by atoms with Crippen LogP contribution in [0.3, 0.4) is 0 Å². The minimum absolute atomic E-state index is 0.466. The summed E-state index contributed by atoms with van der Waals surface area (Å²) in [7, 11) is 3.13. The van der Waals surface area contributed by atoms with Gasteiger partial charge in [-0.05, 0) is 57.2 Å². The Morgan fingerprint density at radius 2 is 1.71 bits per heavy atom. The molecule has 1 heterocycles. The van der Waals surface area contributed by atoms with Crippen molar-refractivity contribution >= 4 is 18.0 Å². The van der Waals surface area contributed by atoms with Crippen LogP contribution >= 0.6 is 0 Å². The van der Waals surface area contributed by atoms with Crippen LogP contribution in [0.1, 0.15) is 26.3 Å². The van der Waals surface area contributed by atoms with Gasteiger partial charge in [0.1, 0.15) is 11.3 Å². The lowest BCUT2D eigenvalue weighted by atomic mass is 10.1. The third kappa shape index (κ3) is 6.48. The second-order valence-corrected chi connectivity index (χ2v) is 8.31. The Morgan fingerprint density at radius 3 is 2.35 bits per heavy atom. The molecule has 0 aliphatic heterocycles. The number of ether oxygens (including phenoxy) is 4. The van der Waals surface area contributed by atoms with E-state index in [1.807, 2.05) is 42.5 Å². The third-order valence-electron chi connectivity index (χ3n) is 4.57. The van der Waals surface area contributed by atoms with Crippen LogP contribution in [0.5, 0.6) is 11.5 Å². The summed E-state index contributed by atoms with van der Waals surface area (Å²) in [5, 5.41) is 4.72. The van der Waals surface area contributed by atoms with Gasteiger partial charge in [-0.25, -0.2) is 14.3 Å². The SMILES string of the molecule is COc1ccc(-c2nn(-c3ccccc3)cc2/C=C/C(=O)OCC(=O)OC(C)(C)C)cc1OC. The molecule has 0 aliphatic rings. The molecule has 0 amide bonds. The van der Waals surface area contributed by atoms with Crippen molar-refractivity contribution in [1.29, 1.82) is 0 Å². The van der Waals surface area contributed by atoms with E-state index < -0.39 is 24.1 Å². The van der Waals surface area contributed by atoms with Crippen LogP contribution < -0.4 is 9.47 Å². The molecule has 0 saturated heterocycles. The molecule has 0 bridgehead atoms. The summed E-state index contributed by atoms with van der Waals surface area (Å²) in [6.07, 6.45) is 4.65. The number of hydrogen-bond donors (Lipinski definition) is 0. The maximum absolute atomic E-state index is 12.2. The highest BCUT2D eigenvalue weighted by molar-refractivity contribution is 5.90. The topological polar surface area (TPSA) is 88.9 Å². The number of rotatable bonds is 8. The van der Waals surface area contributed by atoms with Crippen molar-refractivity contribution in [2.75, 3.05) is 20.8 Å². The summed E-state index contributed by atoms with van der Waals surface area (Å²) in [5.41, 5.74) is 2.27. The highest BCUT2D eigenvalue weighted by Crippen LogP contribution is 2.33. The fourth-order valence-electron chi connectivity index (χ4n) is 3.14. The van der Waals surface area contributed by atoms with Crippen LogP contribution in [0.4, 0.5) is 0 Å². The van der Waals surface area contributed by atoms with Crippen LogP contribution in [0.25, 0.3) is 23.0 Å². The predicted octanol–water partition coefficient (Wildman–Crippen LogP) is 4.45. The molecule has 0 unspecified atom stereocenters. The number of hydrogen-bond acceptors (Lipinski definition) is 7. The first kappa shape index (κ1) is 24.6. The van der Waals surface area contributed by atoms with Crippen molar-refractivity contribution < 1.29 is 28.5 Å². The number of carbonyl (C=O) groups is 2. The summed E-state index contributed by atoms with van der Waals surface area (Å²) in [6, 6.07) is 15.1. The average molecular weight is 465 g/mol. The van der Waals surface area contributed by atoms with Crippen molar-refractivity contribution in [1.82, 2.24) is 9.78 Å². The van der Waals surface area contributed by atoms with Crippen molar-refractivity contribution in [2.24, 2.45) is 0 Å². The number of carbonyl (C=O) groups excluding carboxylic acids is 2. The van der Waals surface area contributed by atoms with Crippen molar-refractivity contribution in [3.63, 3.8) is 0 Å². The van der Waals surface area contributed by atoms with E-state index in [0.717, 1.165) is 11.3 Å². The Balaban J connectivity index is 1.88. The van der Waals surface area contributed by atoms with E-state index in [1.54, 1.807) is 58.0 Å². The molecule has 0 fully saturated rings. The molecule has 2 aromatic carbocycles. The van der Waals surface area contributed by atoms with Gasteiger partial charge in [0, 0.05) is 23.4 Å². The Kier molecular flexibility index (Phi) is 7.73. The van der Waals surface area contributed by atoms with Crippen LogP contribution in [0.15, 0.2) is 60.8 Å². The number of benzene rings is 2. The zero-order valence-electron chi connectivity index (χ0n) is 19.9. The Bertz CT molecular complexity index is 1180. The van der Waals surface area contributed by atoms with E-state index in [-0.39, 0.29) is 0 Å². The molecule has 178 valence electrons. The Hall–Kier alpha value is -4.07. The number of methoxy groups -OCH3 is 2. The molecule has 0 spiro atoms. The predicted molar refractivity (Wildman–Crippen MR) is 128 cm³/mol. The van der Waals surface area contributed by atoms with Gasteiger partial charge in [-0.2, -0.15) is 5.10 Å². The van der Waals surface area contributed by atoms with Gasteiger partial charge in [-0.1, -0.05) is 18.2 Å². The summed E-state index contributed by atoms with van der Waals surface area (Å²) in [4.78, 5) is 24.0. The standard InChI is InChI=1S/C26H28N2O6/c1-26(2,3)34-24(30)17-33-23(29)14-12-19-16-28(20-9-7-6-8-10-20)27-25(19)18-11-13-21(31-4)22(15-18)32-5/h6-16H,17H2,1-5H3/b14-12+. The van der Waals surface area contributed by atoms with Crippen molar-refractivity contribution in [2.45, 2.75) is 26.4 Å². The van der Waals surface area contributed by atoms with Crippen LogP contribution in [0.2, 0.25) is 0 Å². The van der Waals surface area contributed by atoms with E-state index in [0.29, 0.717) is 22.8 Å². The molecule has 3 aromatic rings. The van der Waals surface area contributed by atoms with Crippen molar-refractivity contribution in [3.05, 3.63) is 66.4 Å². The number of para-hydroxylation sites is 1. The first-order valence-electron chi connectivity index (χ1n) is 10.6. The molecule has 0 N–H and O–H groups in total. The highest BCUT2D eigenvalue weighted by Gasteiger charge is 2.18. The average Bonchev–Trinajstić information content (AvgIpc) is 3.24. The van der Waals surface area contributed by atoms with Gasteiger partial charge in [-0.15, -0.1) is 0 Å². The molecule has 3 rings (SSSR count). The van der Waals surface area contributed by atoms with Crippen molar-refractivity contribution in [3.8, 4) is 28.4 Å². The first-order chi connectivity index (χ1) is 16.2. The van der Waals surface area contributed by atoms with Gasteiger partial charge in [0.25, 0.3) is 0 Å². The van der Waals surface area contributed by atoms with Gasteiger partial charge >= 0.3 is 11.9 Å². The summed E-state index contributed by atoms with van der Waals surface area (Å²) in [5.74, 6) is -0.133. The van der Waals surface area contributed by atoms with Gasteiger partial charge < -0.3 is 18.9 Å². The van der Waals surface area contributed by atoms with E-state index in [4.69, 9.17) is 24.0 Å². The third-order valence-corrected chi connectivity index (χ3v) is 4.57. The van der Waals surface area contributed by atoms with Gasteiger partial charge in [0.05, 0.1) is 19.9 Å². The Morgan fingerprint density at radius 1 is 1.00 bits per heavy atom. The second kappa shape index (κ2) is 10.7. The lowest BCUT2D eigenvalue weighted by Crippen LogP contribution is -2.27. The first-order valence-corrected chi connectivity index (χ1v) is 10.6. The van der Waals surface area contributed by atoms with E-state index in [2.05, 4.69) is 0 Å². The maximum atomic E-state index is 12.2. The minimum atomic E-state index is -0.670. The number of nitrogens with zero attached hydrogens (tertiary/aromatic N) is 2. The van der Waals surface area contributed by atoms with Gasteiger partial charge in [-0.3, -0.25) is 0 Å². The van der Waals surface area contributed by atoms with E-state index >= 15 is 0 Å². The zero-order valence-corrected chi connectivity index (χ0v) is 19.9. The van der Waals surface area contributed by atoms with Crippen LogP contribution in [0, 0.1) is 0 Å². The molecular weight excluding hydrogens is 436 g/mol. The molecule has 0 aliphatic carbocycles. The molecule has 8 nitrogen and oxygen atoms in total. The van der Waals surface area contributed by atoms with Gasteiger partial charge in [0.2, 0.25) is 0 Å². The quantitative estimate of drug-likeness (QED) is 0.359. The zero-order chi connectivity index (χ0) is 24.7. The van der Waals surface area contributed by atoms with Gasteiger partial charge in [0.15, 0.2) is 18.1 Å². The smallest absolute Gasteiger partial charge is 0.344 e. The molecule has 8 heteroatoms. The summed E-state index contributed by atoms with van der Waals surface area (Å²) >= 11 is 0. The monoisotopic (exact) mass is 464 g/mol. The molecule has 1 aromatic heterocycles. The fourth-order valence-corrected chi connectivity index (χ4v) is 3.14. The lowest BCUT2D eigenvalue weighted by Gasteiger charge is -2.19. The maximum Gasteiger partial charge on any atom is 0.344 e. The van der Waals surface area contributed by atoms with E-state index in [9.17, 15) is 9.59 Å². The fraction of sp³-hybridized carbons (Fsp3) is 0.269. The molecule has 0 radical (unpaired) electrons. The highest BCUT2D eigenvalue weighted by atomic mass is 16.6. The minimum Gasteiger partial charge on any atom is -0.493 e. The number of aromatic nitrogens is 2. The number of esters is 2. The normalized spacial score (nSPS) is 11.3. The molecule has 0 saturated carbocycles. The second-order valence-electron chi connectivity index (χ2n) is 8.31. The summed E-state index contributed by atoms with van der Waals surface area (Å²) < 4.78 is 22.6. The Labute approximate surface area is 198 Å². The van der Waals surface area contributed by atoms with E-state index in [1.165, 1.54) is 6.08 Å². The lowest BCUT2D eigenvalue weighted by molar-refractivity contribution is -0.164. The molecule has 0 atom stereocenters. The summed E-state index contributed by atoms with van der Waals surface area (Å²) in [6.45, 7) is 4.76.